The van der Waals surface area contributed by atoms with Gasteiger partial charge in [-0.25, -0.2) is 4.39 Å². The van der Waals surface area contributed by atoms with Crippen LogP contribution in [-0.2, 0) is 9.53 Å². The Morgan fingerprint density at radius 3 is 2.53 bits per heavy atom. The number of nitrogens with one attached hydrogen (secondary N) is 1. The molecule has 2 heterocycles. The van der Waals surface area contributed by atoms with E-state index in [4.69, 9.17) is 14.6 Å². The number of pyridine rings is 1. The summed E-state index contributed by atoms with van der Waals surface area (Å²) < 4.78 is 66.9. The molecule has 1 aromatic heterocycles. The van der Waals surface area contributed by atoms with Crippen LogP contribution in [0.4, 0.5) is 23.2 Å². The molecule has 1 aromatic carbocycles. The third-order valence-electron chi connectivity index (χ3n) is 6.43. The van der Waals surface area contributed by atoms with E-state index < -0.39 is 54.2 Å². The maximum absolute atomic E-state index is 14.1. The lowest BCUT2D eigenvalue weighted by atomic mass is 9.76. The third kappa shape index (κ3) is 4.47. The fourth-order valence-corrected chi connectivity index (χ4v) is 4.23. The van der Waals surface area contributed by atoms with Gasteiger partial charge in [0.2, 0.25) is 0 Å². The smallest absolute Gasteiger partial charge is 0.417 e. The fraction of sp³-hybridized carbons (Fsp3) is 0.478. The molecule has 186 valence electrons. The molecule has 0 bridgehead atoms. The minimum Gasteiger partial charge on any atom is -0.496 e. The number of alkyl halides is 3. The second-order valence-corrected chi connectivity index (χ2v) is 8.41. The van der Waals surface area contributed by atoms with Crippen LogP contribution in [-0.4, -0.2) is 52.7 Å². The van der Waals surface area contributed by atoms with Crippen molar-refractivity contribution in [3.63, 3.8) is 0 Å². The number of methoxy groups -OCH3 is 1. The molecule has 0 aliphatic carbocycles. The summed E-state index contributed by atoms with van der Waals surface area (Å²) in [5, 5.41) is 21.1. The SMILES string of the molecule is COc1c([C@H]2[C@H](C(=O)Nc3ccc([C@H](O)CO)nc3)O[C@@](C)(C(F)(F)F)[C@H]2C)ccc(F)c1C. The number of carbonyl (C=O) groups excluding carboxylic acids is 1. The third-order valence-corrected chi connectivity index (χ3v) is 6.43. The van der Waals surface area contributed by atoms with Gasteiger partial charge in [0.15, 0.2) is 5.60 Å². The van der Waals surface area contributed by atoms with Gasteiger partial charge in [0.1, 0.15) is 23.8 Å². The van der Waals surface area contributed by atoms with Crippen molar-refractivity contribution in [1.82, 2.24) is 4.98 Å². The van der Waals surface area contributed by atoms with E-state index in [9.17, 15) is 27.5 Å². The average molecular weight is 486 g/mol. The Morgan fingerprint density at radius 1 is 1.32 bits per heavy atom. The second-order valence-electron chi connectivity index (χ2n) is 8.41. The molecule has 0 unspecified atom stereocenters. The summed E-state index contributed by atoms with van der Waals surface area (Å²) in [5.74, 6) is -3.73. The first-order chi connectivity index (χ1) is 15.9. The molecular formula is C23H26F4N2O5. The highest BCUT2D eigenvalue weighted by Crippen LogP contribution is 2.55. The van der Waals surface area contributed by atoms with Gasteiger partial charge in [-0.2, -0.15) is 13.2 Å². The summed E-state index contributed by atoms with van der Waals surface area (Å²) in [7, 11) is 1.28. The molecule has 0 spiro atoms. The molecule has 1 aliphatic heterocycles. The van der Waals surface area contributed by atoms with Crippen LogP contribution in [0.5, 0.6) is 5.75 Å². The van der Waals surface area contributed by atoms with Crippen LogP contribution in [0.1, 0.15) is 42.7 Å². The first-order valence-electron chi connectivity index (χ1n) is 10.5. The topological polar surface area (TPSA) is 101 Å². The van der Waals surface area contributed by atoms with Crippen molar-refractivity contribution in [2.45, 2.75) is 50.7 Å². The van der Waals surface area contributed by atoms with Gasteiger partial charge in [-0.05, 0) is 32.0 Å². The standard InChI is InChI=1S/C23H26F4N2O5/c1-11-15(24)7-6-14(19(11)33-4)18-12(2)22(3,23(25,26)27)34-20(18)21(32)29-13-5-8-16(28-9-13)17(31)10-30/h5-9,12,17-18,20,30-31H,10H2,1-4H3,(H,29,32)/t12-,17+,18-,20+,22+/m0/s1. The summed E-state index contributed by atoms with van der Waals surface area (Å²) in [4.78, 5) is 17.1. The predicted molar refractivity (Wildman–Crippen MR) is 114 cm³/mol. The summed E-state index contributed by atoms with van der Waals surface area (Å²) in [6, 6.07) is 5.17. The van der Waals surface area contributed by atoms with Crippen LogP contribution in [0.15, 0.2) is 30.5 Å². The van der Waals surface area contributed by atoms with Crippen LogP contribution in [0.2, 0.25) is 0 Å². The Morgan fingerprint density at radius 2 is 2.00 bits per heavy atom. The van der Waals surface area contributed by atoms with E-state index in [2.05, 4.69) is 10.3 Å². The molecule has 0 radical (unpaired) electrons. The summed E-state index contributed by atoms with van der Waals surface area (Å²) >= 11 is 0. The van der Waals surface area contributed by atoms with Gasteiger partial charge in [0.25, 0.3) is 5.91 Å². The molecule has 1 saturated heterocycles. The second kappa shape index (κ2) is 9.47. The Labute approximate surface area is 193 Å². The van der Waals surface area contributed by atoms with Crippen molar-refractivity contribution in [2.75, 3.05) is 19.0 Å². The van der Waals surface area contributed by atoms with E-state index in [1.54, 1.807) is 0 Å². The van der Waals surface area contributed by atoms with Crippen molar-refractivity contribution in [3.05, 3.63) is 53.1 Å². The van der Waals surface area contributed by atoms with E-state index in [0.717, 1.165) is 13.0 Å². The van der Waals surface area contributed by atoms with Gasteiger partial charge in [0.05, 0.1) is 31.3 Å². The molecule has 3 rings (SSSR count). The van der Waals surface area contributed by atoms with Gasteiger partial charge < -0.3 is 25.0 Å². The zero-order valence-corrected chi connectivity index (χ0v) is 19.0. The number of aromatic nitrogens is 1. The molecule has 0 saturated carbocycles. The summed E-state index contributed by atoms with van der Waals surface area (Å²) in [5.41, 5.74) is -2.02. The number of carbonyl (C=O) groups is 1. The Bertz CT molecular complexity index is 1050. The van der Waals surface area contributed by atoms with E-state index in [1.807, 2.05) is 0 Å². The highest BCUT2D eigenvalue weighted by molar-refractivity contribution is 5.95. The van der Waals surface area contributed by atoms with Crippen LogP contribution >= 0.6 is 0 Å². The Hall–Kier alpha value is -2.76. The molecule has 7 nitrogen and oxygen atoms in total. The monoisotopic (exact) mass is 486 g/mol. The quantitative estimate of drug-likeness (QED) is 0.539. The lowest BCUT2D eigenvalue weighted by molar-refractivity contribution is -0.272. The highest BCUT2D eigenvalue weighted by Gasteiger charge is 2.65. The first kappa shape index (κ1) is 25.9. The first-order valence-corrected chi connectivity index (χ1v) is 10.5. The zero-order valence-electron chi connectivity index (χ0n) is 19.0. The predicted octanol–water partition coefficient (Wildman–Crippen LogP) is 3.64. The van der Waals surface area contributed by atoms with Crippen molar-refractivity contribution in [3.8, 4) is 5.75 Å². The van der Waals surface area contributed by atoms with Gasteiger partial charge in [-0.3, -0.25) is 9.78 Å². The minimum absolute atomic E-state index is 0.0497. The molecule has 5 atom stereocenters. The molecule has 1 aliphatic rings. The number of hydrogen-bond acceptors (Lipinski definition) is 6. The zero-order chi connectivity index (χ0) is 25.4. The lowest BCUT2D eigenvalue weighted by Crippen LogP contribution is -2.47. The molecule has 3 N–H and O–H groups in total. The van der Waals surface area contributed by atoms with Crippen LogP contribution in [0.25, 0.3) is 0 Å². The van der Waals surface area contributed by atoms with Crippen LogP contribution in [0.3, 0.4) is 0 Å². The van der Waals surface area contributed by atoms with E-state index in [-0.39, 0.29) is 28.3 Å². The minimum atomic E-state index is -4.79. The van der Waals surface area contributed by atoms with Gasteiger partial charge in [-0.15, -0.1) is 0 Å². The maximum atomic E-state index is 14.1. The van der Waals surface area contributed by atoms with E-state index in [0.29, 0.717) is 0 Å². The number of halogens is 4. The molecule has 2 aromatic rings. The number of anilines is 1. The lowest BCUT2D eigenvalue weighted by Gasteiger charge is -2.32. The van der Waals surface area contributed by atoms with Gasteiger partial charge in [0, 0.05) is 23.0 Å². The Balaban J connectivity index is 2.01. The summed E-state index contributed by atoms with van der Waals surface area (Å²) in [6.07, 6.45) is -6.38. The molecule has 34 heavy (non-hydrogen) atoms. The van der Waals surface area contributed by atoms with Crippen LogP contribution < -0.4 is 10.1 Å². The van der Waals surface area contributed by atoms with Gasteiger partial charge >= 0.3 is 6.18 Å². The largest absolute Gasteiger partial charge is 0.496 e. The van der Waals surface area contributed by atoms with Crippen molar-refractivity contribution >= 4 is 11.6 Å². The van der Waals surface area contributed by atoms with E-state index >= 15 is 0 Å². The summed E-state index contributed by atoms with van der Waals surface area (Å²) in [6.45, 7) is 3.09. The number of rotatable bonds is 6. The van der Waals surface area contributed by atoms with Gasteiger partial charge in [-0.1, -0.05) is 13.0 Å². The molecule has 1 amide bonds. The molecule has 11 heteroatoms. The maximum Gasteiger partial charge on any atom is 0.417 e. The number of aliphatic hydroxyl groups excluding tert-OH is 2. The van der Waals surface area contributed by atoms with E-state index in [1.165, 1.54) is 45.4 Å². The van der Waals surface area contributed by atoms with Crippen LogP contribution in [0, 0.1) is 18.7 Å². The number of amides is 1. The Kier molecular flexibility index (Phi) is 7.20. The van der Waals surface area contributed by atoms with Crippen molar-refractivity contribution in [2.24, 2.45) is 5.92 Å². The number of ether oxygens (including phenoxy) is 2. The molecular weight excluding hydrogens is 460 g/mol. The highest BCUT2D eigenvalue weighted by atomic mass is 19.4. The number of nitrogens with zero attached hydrogens (tertiary/aromatic N) is 1. The number of benzene rings is 1. The normalized spacial score (nSPS) is 25.8. The van der Waals surface area contributed by atoms with Crippen molar-refractivity contribution in [1.29, 1.82) is 0 Å². The average Bonchev–Trinajstić information content (AvgIpc) is 3.07. The number of aliphatic hydroxyl groups is 2. The number of hydrogen-bond donors (Lipinski definition) is 3. The molecule has 1 fully saturated rings. The fourth-order valence-electron chi connectivity index (χ4n) is 4.23. The van der Waals surface area contributed by atoms with Crippen molar-refractivity contribution < 1.29 is 42.0 Å².